The average molecular weight is 294 g/mol. The molecule has 0 aromatic heterocycles. The van der Waals surface area contributed by atoms with Gasteiger partial charge in [0.2, 0.25) is 5.91 Å². The van der Waals surface area contributed by atoms with E-state index in [1.807, 2.05) is 0 Å². The van der Waals surface area contributed by atoms with Crippen LogP contribution in [-0.4, -0.2) is 31.5 Å². The van der Waals surface area contributed by atoms with Gasteiger partial charge in [0, 0.05) is 6.07 Å². The van der Waals surface area contributed by atoms with Crippen molar-refractivity contribution >= 4 is 34.8 Å². The van der Waals surface area contributed by atoms with E-state index in [4.69, 9.17) is 22.8 Å². The maximum Gasteiger partial charge on any atom is 0.262 e. The number of nitrogens with one attached hydrogen (secondary N) is 3. The zero-order valence-corrected chi connectivity index (χ0v) is 11.2. The molecule has 1 aliphatic heterocycles. The van der Waals surface area contributed by atoms with Gasteiger partial charge in [0.05, 0.1) is 29.5 Å². The number of carbonyl (C=O) groups excluding carboxylic acids is 2. The van der Waals surface area contributed by atoms with Crippen LogP contribution in [0.2, 0.25) is 5.02 Å². The van der Waals surface area contributed by atoms with Crippen LogP contribution >= 0.6 is 11.6 Å². The zero-order valence-electron chi connectivity index (χ0n) is 10.5. The van der Waals surface area contributed by atoms with Crippen molar-refractivity contribution < 1.29 is 14.3 Å². The molecule has 2 rings (SSSR count). The third-order valence-corrected chi connectivity index (χ3v) is 2.80. The van der Waals surface area contributed by atoms with E-state index >= 15 is 0 Å². The molecule has 0 saturated carbocycles. The van der Waals surface area contributed by atoms with Crippen LogP contribution < -0.4 is 20.7 Å². The lowest BCUT2D eigenvalue weighted by molar-refractivity contribution is -0.118. The largest absolute Gasteiger partial charge is 0.482 e. The number of fused-ring (bicyclic) bond motifs is 1. The van der Waals surface area contributed by atoms with Crippen molar-refractivity contribution in [1.29, 1.82) is 0 Å². The van der Waals surface area contributed by atoms with Crippen LogP contribution in [0, 0.1) is 12.3 Å². The van der Waals surface area contributed by atoms with E-state index in [1.54, 1.807) is 6.07 Å². The maximum atomic E-state index is 11.6. The molecular weight excluding hydrogens is 282 g/mol. The van der Waals surface area contributed by atoms with Crippen LogP contribution in [0.5, 0.6) is 5.75 Å². The molecule has 0 atom stereocenters. The summed E-state index contributed by atoms with van der Waals surface area (Å²) < 4.78 is 5.25. The minimum Gasteiger partial charge on any atom is -0.482 e. The molecule has 2 amide bonds. The Kier molecular flexibility index (Phi) is 4.45. The fraction of sp³-hybridized carbons (Fsp3) is 0.231. The fourth-order valence-electron chi connectivity index (χ4n) is 1.64. The summed E-state index contributed by atoms with van der Waals surface area (Å²) in [5.74, 6) is 2.30. The molecule has 0 radical (unpaired) electrons. The third kappa shape index (κ3) is 3.41. The Bertz CT molecular complexity index is 595. The van der Waals surface area contributed by atoms with Crippen LogP contribution in [0.1, 0.15) is 0 Å². The van der Waals surface area contributed by atoms with E-state index in [9.17, 15) is 9.59 Å². The highest BCUT2D eigenvalue weighted by Crippen LogP contribution is 2.36. The first-order valence-corrected chi connectivity index (χ1v) is 6.18. The molecule has 1 aliphatic rings. The van der Waals surface area contributed by atoms with Crippen LogP contribution in [0.25, 0.3) is 0 Å². The summed E-state index contributed by atoms with van der Waals surface area (Å²) >= 11 is 6.04. The number of rotatable bonds is 4. The van der Waals surface area contributed by atoms with Crippen molar-refractivity contribution in [2.45, 2.75) is 0 Å². The molecule has 0 bridgehead atoms. The van der Waals surface area contributed by atoms with Crippen molar-refractivity contribution in [2.24, 2.45) is 0 Å². The Morgan fingerprint density at radius 2 is 2.35 bits per heavy atom. The van der Waals surface area contributed by atoms with Crippen molar-refractivity contribution in [1.82, 2.24) is 5.32 Å². The second-order valence-corrected chi connectivity index (χ2v) is 4.43. The van der Waals surface area contributed by atoms with E-state index in [0.717, 1.165) is 0 Å². The summed E-state index contributed by atoms with van der Waals surface area (Å²) in [7, 11) is 0. The van der Waals surface area contributed by atoms with E-state index in [2.05, 4.69) is 21.9 Å². The number of benzene rings is 1. The van der Waals surface area contributed by atoms with Gasteiger partial charge < -0.3 is 15.4 Å². The number of hydrogen-bond donors (Lipinski definition) is 3. The molecular formula is C13H12ClN3O3. The normalized spacial score (nSPS) is 12.7. The Morgan fingerprint density at radius 1 is 1.55 bits per heavy atom. The highest BCUT2D eigenvalue weighted by molar-refractivity contribution is 6.34. The summed E-state index contributed by atoms with van der Waals surface area (Å²) in [6, 6.07) is 3.09. The van der Waals surface area contributed by atoms with Crippen LogP contribution in [0.4, 0.5) is 11.4 Å². The quantitative estimate of drug-likeness (QED) is 0.567. The summed E-state index contributed by atoms with van der Waals surface area (Å²) in [5.41, 5.74) is 0.892. The van der Waals surface area contributed by atoms with Gasteiger partial charge in [-0.2, -0.15) is 0 Å². The molecule has 1 aromatic rings. The predicted molar refractivity (Wildman–Crippen MR) is 75.9 cm³/mol. The Hall–Kier alpha value is -2.23. The molecule has 0 fully saturated rings. The number of hydrogen-bond acceptors (Lipinski definition) is 4. The minimum atomic E-state index is -0.276. The number of anilines is 2. The van der Waals surface area contributed by atoms with Gasteiger partial charge in [-0.15, -0.1) is 6.42 Å². The van der Waals surface area contributed by atoms with E-state index in [1.165, 1.54) is 6.07 Å². The molecule has 0 aliphatic carbocycles. The molecule has 1 aromatic carbocycles. The highest BCUT2D eigenvalue weighted by atomic mass is 35.5. The Labute approximate surface area is 120 Å². The molecule has 1 heterocycles. The van der Waals surface area contributed by atoms with Gasteiger partial charge >= 0.3 is 0 Å². The second kappa shape index (κ2) is 6.28. The molecule has 3 N–H and O–H groups in total. The monoisotopic (exact) mass is 293 g/mol. The average Bonchev–Trinajstić information content (AvgIpc) is 2.40. The van der Waals surface area contributed by atoms with Gasteiger partial charge in [-0.1, -0.05) is 17.5 Å². The first kappa shape index (κ1) is 14.2. The summed E-state index contributed by atoms with van der Waals surface area (Å²) in [5, 5.41) is 8.33. The van der Waals surface area contributed by atoms with Gasteiger partial charge in [0.15, 0.2) is 6.61 Å². The molecule has 0 spiro atoms. The molecule has 0 saturated heterocycles. The number of carbonyl (C=O) groups is 2. The van der Waals surface area contributed by atoms with Crippen molar-refractivity contribution in [2.75, 3.05) is 30.3 Å². The number of halogens is 1. The fourth-order valence-corrected chi connectivity index (χ4v) is 1.85. The summed E-state index contributed by atoms with van der Waals surface area (Å²) in [6.45, 7) is 0.321. The second-order valence-electron chi connectivity index (χ2n) is 4.02. The molecule has 0 unspecified atom stereocenters. The molecule has 7 heteroatoms. The Balaban J connectivity index is 2.07. The maximum absolute atomic E-state index is 11.6. The van der Waals surface area contributed by atoms with Gasteiger partial charge in [-0.25, -0.2) is 0 Å². The van der Waals surface area contributed by atoms with Crippen LogP contribution in [0.3, 0.4) is 0 Å². The lowest BCUT2D eigenvalue weighted by Crippen LogP contribution is -2.29. The minimum absolute atomic E-state index is 0.0637. The Morgan fingerprint density at radius 3 is 3.10 bits per heavy atom. The first-order valence-electron chi connectivity index (χ1n) is 5.80. The van der Waals surface area contributed by atoms with Crippen molar-refractivity contribution in [3.05, 3.63) is 17.2 Å². The van der Waals surface area contributed by atoms with Gasteiger partial charge in [-0.3, -0.25) is 14.9 Å². The van der Waals surface area contributed by atoms with Gasteiger partial charge in [0.25, 0.3) is 5.91 Å². The van der Waals surface area contributed by atoms with E-state index in [-0.39, 0.29) is 25.0 Å². The van der Waals surface area contributed by atoms with Crippen molar-refractivity contribution in [3.63, 3.8) is 0 Å². The smallest absolute Gasteiger partial charge is 0.262 e. The lowest BCUT2D eigenvalue weighted by Gasteiger charge is -2.19. The molecule has 104 valence electrons. The summed E-state index contributed by atoms with van der Waals surface area (Å²) in [6.07, 6.45) is 5.06. The SMILES string of the molecule is C#CCNCC(=O)Nc1cc2c(cc1Cl)NC(=O)CO2. The number of ether oxygens (including phenoxy) is 1. The topological polar surface area (TPSA) is 79.5 Å². The van der Waals surface area contributed by atoms with Crippen LogP contribution in [-0.2, 0) is 9.59 Å². The molecule has 6 nitrogen and oxygen atoms in total. The van der Waals surface area contributed by atoms with E-state index < -0.39 is 0 Å². The number of terminal acetylenes is 1. The summed E-state index contributed by atoms with van der Waals surface area (Å²) in [4.78, 5) is 22.8. The predicted octanol–water partition coefficient (Wildman–Crippen LogP) is 0.832. The molecule has 20 heavy (non-hydrogen) atoms. The highest BCUT2D eigenvalue weighted by Gasteiger charge is 2.18. The standard InChI is InChI=1S/C13H12ClN3O3/c1-2-3-15-6-12(18)16-9-5-11-10(4-8(9)14)17-13(19)7-20-11/h1,4-5,15H,3,6-7H2,(H,16,18)(H,17,19). The van der Waals surface area contributed by atoms with Crippen molar-refractivity contribution in [3.8, 4) is 18.1 Å². The van der Waals surface area contributed by atoms with E-state index in [0.29, 0.717) is 28.7 Å². The number of amides is 2. The lowest BCUT2D eigenvalue weighted by atomic mass is 10.2. The third-order valence-electron chi connectivity index (χ3n) is 2.49. The van der Waals surface area contributed by atoms with Gasteiger partial charge in [0.1, 0.15) is 5.75 Å². The zero-order chi connectivity index (χ0) is 14.5. The van der Waals surface area contributed by atoms with Crippen LogP contribution in [0.15, 0.2) is 12.1 Å². The first-order chi connectivity index (χ1) is 9.60. The van der Waals surface area contributed by atoms with Gasteiger partial charge in [-0.05, 0) is 6.07 Å².